The van der Waals surface area contributed by atoms with E-state index in [4.69, 9.17) is 0 Å². The molecule has 1 unspecified atom stereocenters. The van der Waals surface area contributed by atoms with Crippen LogP contribution in [0.1, 0.15) is 50.5 Å². The maximum absolute atomic E-state index is 12.2. The Morgan fingerprint density at radius 3 is 3.00 bits per heavy atom. The van der Waals surface area contributed by atoms with E-state index in [1.165, 1.54) is 18.4 Å². The van der Waals surface area contributed by atoms with E-state index in [0.29, 0.717) is 5.78 Å². The molecule has 17 heavy (non-hydrogen) atoms. The predicted molar refractivity (Wildman–Crippen MR) is 71.4 cm³/mol. The SMILES string of the molecule is CCCCCC(=O)C1CCNc2ccccc21. The predicted octanol–water partition coefficient (Wildman–Crippen LogP) is 3.74. The molecule has 0 amide bonds. The number of carbonyl (C=O) groups excluding carboxylic acids is 1. The van der Waals surface area contributed by atoms with Gasteiger partial charge in [0.05, 0.1) is 0 Å². The van der Waals surface area contributed by atoms with Crippen molar-refractivity contribution >= 4 is 11.5 Å². The second kappa shape index (κ2) is 5.85. The molecule has 1 heterocycles. The fourth-order valence-corrected chi connectivity index (χ4v) is 2.53. The van der Waals surface area contributed by atoms with Gasteiger partial charge in [0.25, 0.3) is 0 Å². The topological polar surface area (TPSA) is 29.1 Å². The molecule has 2 heteroatoms. The molecule has 0 radical (unpaired) electrons. The standard InChI is InChI=1S/C15H21NO/c1-2-3-4-9-15(17)13-10-11-16-14-8-6-5-7-12(13)14/h5-8,13,16H,2-4,9-11H2,1H3. The Morgan fingerprint density at radius 2 is 2.18 bits per heavy atom. The first-order valence-electron chi connectivity index (χ1n) is 6.68. The van der Waals surface area contributed by atoms with Crippen molar-refractivity contribution in [3.63, 3.8) is 0 Å². The highest BCUT2D eigenvalue weighted by Crippen LogP contribution is 2.32. The van der Waals surface area contributed by atoms with E-state index in [0.717, 1.165) is 31.5 Å². The molecule has 2 rings (SSSR count). The third-order valence-electron chi connectivity index (χ3n) is 3.50. The zero-order valence-electron chi connectivity index (χ0n) is 10.5. The highest BCUT2D eigenvalue weighted by molar-refractivity contribution is 5.88. The van der Waals surface area contributed by atoms with Gasteiger partial charge in [-0.25, -0.2) is 0 Å². The first-order chi connectivity index (χ1) is 8.33. The third-order valence-corrected chi connectivity index (χ3v) is 3.50. The average Bonchev–Trinajstić information content (AvgIpc) is 2.38. The van der Waals surface area contributed by atoms with Crippen LogP contribution in [-0.2, 0) is 4.79 Å². The molecule has 92 valence electrons. The molecule has 0 saturated heterocycles. The van der Waals surface area contributed by atoms with Crippen LogP contribution in [0.25, 0.3) is 0 Å². The number of ketones is 1. The minimum absolute atomic E-state index is 0.129. The molecular formula is C15H21NO. The summed E-state index contributed by atoms with van der Waals surface area (Å²) in [4.78, 5) is 12.2. The van der Waals surface area contributed by atoms with Crippen molar-refractivity contribution in [2.75, 3.05) is 11.9 Å². The van der Waals surface area contributed by atoms with E-state index in [-0.39, 0.29) is 5.92 Å². The van der Waals surface area contributed by atoms with Crippen LogP contribution in [-0.4, -0.2) is 12.3 Å². The van der Waals surface area contributed by atoms with Crippen molar-refractivity contribution in [1.29, 1.82) is 0 Å². The normalized spacial score (nSPS) is 18.3. The second-order valence-corrected chi connectivity index (χ2v) is 4.78. The lowest BCUT2D eigenvalue weighted by Crippen LogP contribution is -2.22. The number of benzene rings is 1. The summed E-state index contributed by atoms with van der Waals surface area (Å²) in [5.74, 6) is 0.553. The maximum Gasteiger partial charge on any atom is 0.140 e. The summed E-state index contributed by atoms with van der Waals surface area (Å²) in [6, 6.07) is 8.21. The van der Waals surface area contributed by atoms with Crippen LogP contribution in [0.5, 0.6) is 0 Å². The molecule has 0 aliphatic carbocycles. The summed E-state index contributed by atoms with van der Waals surface area (Å²) in [5, 5.41) is 3.36. The van der Waals surface area contributed by atoms with Crippen LogP contribution in [0.2, 0.25) is 0 Å². The Hall–Kier alpha value is -1.31. The largest absolute Gasteiger partial charge is 0.385 e. The van der Waals surface area contributed by atoms with Gasteiger partial charge in [-0.15, -0.1) is 0 Å². The molecule has 0 bridgehead atoms. The highest BCUT2D eigenvalue weighted by atomic mass is 16.1. The quantitative estimate of drug-likeness (QED) is 0.782. The van der Waals surface area contributed by atoms with Crippen LogP contribution in [0.3, 0.4) is 0 Å². The average molecular weight is 231 g/mol. The van der Waals surface area contributed by atoms with Gasteiger partial charge >= 0.3 is 0 Å². The van der Waals surface area contributed by atoms with Crippen LogP contribution in [0, 0.1) is 0 Å². The molecule has 1 aromatic rings. The molecule has 0 saturated carbocycles. The van der Waals surface area contributed by atoms with E-state index < -0.39 is 0 Å². The zero-order chi connectivity index (χ0) is 12.1. The number of para-hydroxylation sites is 1. The Kier molecular flexibility index (Phi) is 4.18. The Balaban J connectivity index is 2.05. The Morgan fingerprint density at radius 1 is 1.35 bits per heavy atom. The fourth-order valence-electron chi connectivity index (χ4n) is 2.53. The molecule has 0 aromatic heterocycles. The molecule has 1 aromatic carbocycles. The third kappa shape index (κ3) is 2.87. The lowest BCUT2D eigenvalue weighted by Gasteiger charge is -2.25. The lowest BCUT2D eigenvalue weighted by atomic mass is 9.86. The Labute approximate surface area is 103 Å². The van der Waals surface area contributed by atoms with Crippen molar-refractivity contribution in [1.82, 2.24) is 0 Å². The second-order valence-electron chi connectivity index (χ2n) is 4.78. The van der Waals surface area contributed by atoms with Crippen molar-refractivity contribution in [3.05, 3.63) is 29.8 Å². The molecule has 0 spiro atoms. The van der Waals surface area contributed by atoms with Crippen LogP contribution >= 0.6 is 0 Å². The number of carbonyl (C=O) groups is 1. The summed E-state index contributed by atoms with van der Waals surface area (Å²) in [6.45, 7) is 3.09. The first kappa shape index (κ1) is 12.2. The van der Waals surface area contributed by atoms with Crippen molar-refractivity contribution in [2.24, 2.45) is 0 Å². The summed E-state index contributed by atoms with van der Waals surface area (Å²) >= 11 is 0. The smallest absolute Gasteiger partial charge is 0.140 e. The van der Waals surface area contributed by atoms with E-state index in [1.807, 2.05) is 12.1 Å². The van der Waals surface area contributed by atoms with E-state index in [1.54, 1.807) is 0 Å². The molecule has 1 atom stereocenters. The van der Waals surface area contributed by atoms with Gasteiger partial charge in [0.2, 0.25) is 0 Å². The van der Waals surface area contributed by atoms with E-state index in [9.17, 15) is 4.79 Å². The zero-order valence-corrected chi connectivity index (χ0v) is 10.5. The van der Waals surface area contributed by atoms with Crippen molar-refractivity contribution < 1.29 is 4.79 Å². The summed E-state index contributed by atoms with van der Waals surface area (Å²) < 4.78 is 0. The summed E-state index contributed by atoms with van der Waals surface area (Å²) in [5.41, 5.74) is 2.34. The minimum Gasteiger partial charge on any atom is -0.385 e. The number of fused-ring (bicyclic) bond motifs is 1. The van der Waals surface area contributed by atoms with E-state index >= 15 is 0 Å². The number of anilines is 1. The van der Waals surface area contributed by atoms with Crippen LogP contribution < -0.4 is 5.32 Å². The van der Waals surface area contributed by atoms with Gasteiger partial charge in [0.1, 0.15) is 5.78 Å². The molecule has 1 aliphatic rings. The number of unbranched alkanes of at least 4 members (excludes halogenated alkanes) is 2. The summed E-state index contributed by atoms with van der Waals surface area (Å²) in [7, 11) is 0. The molecule has 1 aliphatic heterocycles. The number of hydrogen-bond donors (Lipinski definition) is 1. The summed E-state index contributed by atoms with van der Waals surface area (Å²) in [6.07, 6.45) is 5.07. The number of rotatable bonds is 5. The van der Waals surface area contributed by atoms with Crippen LogP contribution in [0.15, 0.2) is 24.3 Å². The highest BCUT2D eigenvalue weighted by Gasteiger charge is 2.25. The number of Topliss-reactive ketones (excluding diaryl/α,β-unsaturated/α-hetero) is 1. The molecule has 1 N–H and O–H groups in total. The van der Waals surface area contributed by atoms with Gasteiger partial charge < -0.3 is 5.32 Å². The van der Waals surface area contributed by atoms with Gasteiger partial charge in [-0.2, -0.15) is 0 Å². The van der Waals surface area contributed by atoms with Crippen molar-refractivity contribution in [3.8, 4) is 0 Å². The monoisotopic (exact) mass is 231 g/mol. The Bertz CT molecular complexity index is 386. The van der Waals surface area contributed by atoms with Crippen LogP contribution in [0.4, 0.5) is 5.69 Å². The van der Waals surface area contributed by atoms with Gasteiger partial charge in [-0.1, -0.05) is 38.0 Å². The number of hydrogen-bond acceptors (Lipinski definition) is 2. The van der Waals surface area contributed by atoms with Gasteiger partial charge in [0.15, 0.2) is 0 Å². The van der Waals surface area contributed by atoms with E-state index in [2.05, 4.69) is 24.4 Å². The van der Waals surface area contributed by atoms with Crippen molar-refractivity contribution in [2.45, 2.75) is 44.9 Å². The minimum atomic E-state index is 0.129. The van der Waals surface area contributed by atoms with Gasteiger partial charge in [-0.05, 0) is 24.5 Å². The maximum atomic E-state index is 12.2. The number of nitrogens with one attached hydrogen (secondary N) is 1. The first-order valence-corrected chi connectivity index (χ1v) is 6.68. The molecule has 0 fully saturated rings. The van der Waals surface area contributed by atoms with Gasteiger partial charge in [0, 0.05) is 24.6 Å². The lowest BCUT2D eigenvalue weighted by molar-refractivity contribution is -0.120. The van der Waals surface area contributed by atoms with Gasteiger partial charge in [-0.3, -0.25) is 4.79 Å². The fraction of sp³-hybridized carbons (Fsp3) is 0.533. The molecular weight excluding hydrogens is 210 g/mol. The molecule has 2 nitrogen and oxygen atoms in total.